The van der Waals surface area contributed by atoms with E-state index in [1.807, 2.05) is 12.1 Å². The Morgan fingerprint density at radius 3 is 2.67 bits per heavy atom. The van der Waals surface area contributed by atoms with Crippen LogP contribution in [0.15, 0.2) is 47.6 Å². The summed E-state index contributed by atoms with van der Waals surface area (Å²) in [5, 5.41) is 14.3. The minimum atomic E-state index is -0.489. The molecule has 7 nitrogen and oxygen atoms in total. The van der Waals surface area contributed by atoms with Gasteiger partial charge < -0.3 is 10.1 Å². The van der Waals surface area contributed by atoms with Crippen molar-refractivity contribution in [2.45, 2.75) is 24.3 Å². The number of benzene rings is 2. The van der Waals surface area contributed by atoms with Gasteiger partial charge in [0, 0.05) is 5.69 Å². The van der Waals surface area contributed by atoms with Gasteiger partial charge in [-0.05, 0) is 66.2 Å². The van der Waals surface area contributed by atoms with E-state index in [0.29, 0.717) is 16.4 Å². The van der Waals surface area contributed by atoms with Crippen LogP contribution in [0.3, 0.4) is 0 Å². The molecule has 0 aliphatic heterocycles. The Kier molecular flexibility index (Phi) is 5.70. The highest BCUT2D eigenvalue weighted by Gasteiger charge is 2.19. The van der Waals surface area contributed by atoms with Gasteiger partial charge in [0.05, 0.1) is 18.0 Å². The van der Waals surface area contributed by atoms with E-state index in [1.165, 1.54) is 17.8 Å². The van der Waals surface area contributed by atoms with Gasteiger partial charge in [0.25, 0.3) is 0 Å². The van der Waals surface area contributed by atoms with Gasteiger partial charge in [-0.1, -0.05) is 17.8 Å². The normalized spacial score (nSPS) is 11.9. The fourth-order valence-electron chi connectivity index (χ4n) is 2.26. The molecule has 3 aromatic rings. The van der Waals surface area contributed by atoms with Crippen molar-refractivity contribution in [2.24, 2.45) is 0 Å². The highest BCUT2D eigenvalue weighted by molar-refractivity contribution is 8.00. The van der Waals surface area contributed by atoms with Crippen molar-refractivity contribution in [2.75, 3.05) is 12.4 Å². The van der Waals surface area contributed by atoms with E-state index in [9.17, 15) is 9.18 Å². The van der Waals surface area contributed by atoms with Gasteiger partial charge in [-0.25, -0.2) is 4.39 Å². The molecule has 1 atom stereocenters. The van der Waals surface area contributed by atoms with Crippen LogP contribution in [0.4, 0.5) is 10.1 Å². The number of aryl methyl sites for hydroxylation is 1. The number of amides is 1. The third kappa shape index (κ3) is 4.43. The van der Waals surface area contributed by atoms with E-state index in [4.69, 9.17) is 4.74 Å². The maximum Gasteiger partial charge on any atom is 0.237 e. The molecule has 0 saturated heterocycles. The number of anilines is 1. The molecule has 140 valence electrons. The van der Waals surface area contributed by atoms with Crippen molar-refractivity contribution < 1.29 is 13.9 Å². The molecule has 0 saturated carbocycles. The van der Waals surface area contributed by atoms with Crippen molar-refractivity contribution in [3.05, 3.63) is 53.8 Å². The van der Waals surface area contributed by atoms with Crippen LogP contribution in [0.2, 0.25) is 0 Å². The second-order valence-electron chi connectivity index (χ2n) is 5.78. The lowest BCUT2D eigenvalue weighted by Crippen LogP contribution is -2.23. The standard InChI is InChI=1S/C18H18FN5O2S/c1-11-4-5-13(10-16(11)19)20-17(25)12(2)27-18-21-22-23-24(18)14-6-8-15(26-3)9-7-14/h4-10,12H,1-3H3,(H,20,25). The third-order valence-corrected chi connectivity index (χ3v) is 4.88. The number of hydrogen-bond acceptors (Lipinski definition) is 6. The first-order valence-electron chi connectivity index (χ1n) is 8.14. The monoisotopic (exact) mass is 387 g/mol. The lowest BCUT2D eigenvalue weighted by Gasteiger charge is -2.12. The minimum Gasteiger partial charge on any atom is -0.497 e. The molecule has 0 aliphatic rings. The number of methoxy groups -OCH3 is 1. The number of rotatable bonds is 6. The Morgan fingerprint density at radius 2 is 2.00 bits per heavy atom. The summed E-state index contributed by atoms with van der Waals surface area (Å²) in [5.41, 5.74) is 1.68. The third-order valence-electron chi connectivity index (χ3n) is 3.85. The van der Waals surface area contributed by atoms with Gasteiger partial charge in [0.2, 0.25) is 11.1 Å². The zero-order chi connectivity index (χ0) is 19.4. The molecule has 1 unspecified atom stereocenters. The molecule has 27 heavy (non-hydrogen) atoms. The molecule has 1 N–H and O–H groups in total. The van der Waals surface area contributed by atoms with Crippen molar-refractivity contribution >= 4 is 23.4 Å². The summed E-state index contributed by atoms with van der Waals surface area (Å²) in [6, 6.07) is 11.8. The maximum absolute atomic E-state index is 13.6. The largest absolute Gasteiger partial charge is 0.497 e. The van der Waals surface area contributed by atoms with E-state index in [-0.39, 0.29) is 11.7 Å². The van der Waals surface area contributed by atoms with E-state index < -0.39 is 5.25 Å². The average Bonchev–Trinajstić information content (AvgIpc) is 3.12. The zero-order valence-electron chi connectivity index (χ0n) is 15.0. The van der Waals surface area contributed by atoms with Crippen LogP contribution in [0.5, 0.6) is 5.75 Å². The SMILES string of the molecule is COc1ccc(-n2nnnc2SC(C)C(=O)Nc2ccc(C)c(F)c2)cc1. The number of ether oxygens (including phenoxy) is 1. The van der Waals surface area contributed by atoms with Gasteiger partial charge in [-0.3, -0.25) is 4.79 Å². The Hall–Kier alpha value is -2.94. The summed E-state index contributed by atoms with van der Waals surface area (Å²) in [6.45, 7) is 3.40. The van der Waals surface area contributed by atoms with Crippen LogP contribution in [0.1, 0.15) is 12.5 Å². The minimum absolute atomic E-state index is 0.271. The molecule has 3 rings (SSSR count). The molecule has 1 aromatic heterocycles. The van der Waals surface area contributed by atoms with Crippen LogP contribution in [-0.4, -0.2) is 38.5 Å². The quantitative estimate of drug-likeness (QED) is 0.654. The lowest BCUT2D eigenvalue weighted by molar-refractivity contribution is -0.115. The van der Waals surface area contributed by atoms with Gasteiger partial charge in [0.15, 0.2) is 0 Å². The number of thioether (sulfide) groups is 1. The van der Waals surface area contributed by atoms with E-state index in [1.54, 1.807) is 49.9 Å². The summed E-state index contributed by atoms with van der Waals surface area (Å²) >= 11 is 1.21. The number of carbonyl (C=O) groups excluding carboxylic acids is 1. The second-order valence-corrected chi connectivity index (χ2v) is 7.09. The van der Waals surface area contributed by atoms with Gasteiger partial charge in [0.1, 0.15) is 11.6 Å². The Balaban J connectivity index is 1.70. The molecule has 0 fully saturated rings. The Morgan fingerprint density at radius 1 is 1.26 bits per heavy atom. The lowest BCUT2D eigenvalue weighted by atomic mass is 10.2. The number of nitrogens with zero attached hydrogens (tertiary/aromatic N) is 4. The van der Waals surface area contributed by atoms with Crippen LogP contribution < -0.4 is 10.1 Å². The van der Waals surface area contributed by atoms with Crippen molar-refractivity contribution in [3.8, 4) is 11.4 Å². The van der Waals surface area contributed by atoms with E-state index in [2.05, 4.69) is 20.8 Å². The first kappa shape index (κ1) is 18.8. The molecule has 1 amide bonds. The Bertz CT molecular complexity index is 945. The van der Waals surface area contributed by atoms with E-state index in [0.717, 1.165) is 11.4 Å². The smallest absolute Gasteiger partial charge is 0.237 e. The summed E-state index contributed by atoms with van der Waals surface area (Å²) in [5.74, 6) is 0.0863. The summed E-state index contributed by atoms with van der Waals surface area (Å²) in [7, 11) is 1.59. The molecule has 0 bridgehead atoms. The van der Waals surface area contributed by atoms with Crippen LogP contribution in [0.25, 0.3) is 5.69 Å². The van der Waals surface area contributed by atoms with Crippen molar-refractivity contribution in [1.82, 2.24) is 20.2 Å². The van der Waals surface area contributed by atoms with Crippen LogP contribution >= 0.6 is 11.8 Å². The number of carbonyl (C=O) groups is 1. The summed E-state index contributed by atoms with van der Waals surface area (Å²) < 4.78 is 20.3. The van der Waals surface area contributed by atoms with Crippen LogP contribution in [-0.2, 0) is 4.79 Å². The number of hydrogen-bond donors (Lipinski definition) is 1. The molecule has 0 spiro atoms. The molecular weight excluding hydrogens is 369 g/mol. The average molecular weight is 387 g/mol. The van der Waals surface area contributed by atoms with Crippen LogP contribution in [0, 0.1) is 12.7 Å². The Labute approximate surface area is 159 Å². The van der Waals surface area contributed by atoms with Crippen molar-refractivity contribution in [1.29, 1.82) is 0 Å². The first-order valence-corrected chi connectivity index (χ1v) is 9.02. The fraction of sp³-hybridized carbons (Fsp3) is 0.222. The highest BCUT2D eigenvalue weighted by atomic mass is 32.2. The van der Waals surface area contributed by atoms with Gasteiger partial charge in [-0.2, -0.15) is 4.68 Å². The predicted molar refractivity (Wildman–Crippen MR) is 101 cm³/mol. The topological polar surface area (TPSA) is 81.9 Å². The molecule has 1 heterocycles. The summed E-state index contributed by atoms with van der Waals surface area (Å²) in [6.07, 6.45) is 0. The number of aromatic nitrogens is 4. The molecule has 0 aliphatic carbocycles. The van der Waals surface area contributed by atoms with E-state index >= 15 is 0 Å². The molecular formula is C18H18FN5O2S. The predicted octanol–water partition coefficient (Wildman–Crippen LogP) is 3.24. The fourth-order valence-corrected chi connectivity index (χ4v) is 3.07. The first-order chi connectivity index (χ1) is 13.0. The number of halogens is 1. The molecule has 9 heteroatoms. The van der Waals surface area contributed by atoms with Gasteiger partial charge >= 0.3 is 0 Å². The van der Waals surface area contributed by atoms with Crippen molar-refractivity contribution in [3.63, 3.8) is 0 Å². The summed E-state index contributed by atoms with van der Waals surface area (Å²) in [4.78, 5) is 12.4. The van der Waals surface area contributed by atoms with Gasteiger partial charge in [-0.15, -0.1) is 5.10 Å². The number of nitrogens with one attached hydrogen (secondary N) is 1. The zero-order valence-corrected chi connectivity index (χ0v) is 15.8. The maximum atomic E-state index is 13.6. The molecule has 2 aromatic carbocycles. The number of tetrazole rings is 1. The second kappa shape index (κ2) is 8.17. The highest BCUT2D eigenvalue weighted by Crippen LogP contribution is 2.25. The molecule has 0 radical (unpaired) electrons.